The van der Waals surface area contributed by atoms with Gasteiger partial charge in [-0.2, -0.15) is 0 Å². The molecule has 0 fully saturated rings. The van der Waals surface area contributed by atoms with Crippen molar-refractivity contribution < 1.29 is 19.0 Å². The Morgan fingerprint density at radius 3 is 2.19 bits per heavy atom. The highest BCUT2D eigenvalue weighted by atomic mass is 32.2. The minimum absolute atomic E-state index is 0.0736. The average Bonchev–Trinajstić information content (AvgIpc) is 2.64. The van der Waals surface area contributed by atoms with Gasteiger partial charge < -0.3 is 19.5 Å². The molecule has 0 aliphatic heterocycles. The highest BCUT2D eigenvalue weighted by molar-refractivity contribution is 8.00. The molecule has 0 radical (unpaired) electrons. The Morgan fingerprint density at radius 1 is 0.885 bits per heavy atom. The van der Waals surface area contributed by atoms with Crippen molar-refractivity contribution in [1.82, 2.24) is 0 Å². The first-order valence-corrected chi connectivity index (χ1v) is 9.70. The molecule has 0 aromatic heterocycles. The number of nitrogens with one attached hydrogen (secondary N) is 1. The lowest BCUT2D eigenvalue weighted by atomic mass is 10.2. The predicted molar refractivity (Wildman–Crippen MR) is 106 cm³/mol. The number of ether oxygens (including phenoxy) is 3. The molecule has 2 rings (SSSR count). The van der Waals surface area contributed by atoms with Gasteiger partial charge in [0.1, 0.15) is 5.75 Å². The van der Waals surface area contributed by atoms with E-state index in [1.165, 1.54) is 11.8 Å². The Hall–Kier alpha value is -2.34. The molecule has 2 aromatic carbocycles. The number of benzene rings is 2. The monoisotopic (exact) mass is 375 g/mol. The molecule has 0 aliphatic carbocycles. The minimum Gasteiger partial charge on any atom is -0.494 e. The van der Waals surface area contributed by atoms with Gasteiger partial charge in [-0.15, -0.1) is 11.8 Å². The van der Waals surface area contributed by atoms with Crippen LogP contribution in [0.2, 0.25) is 0 Å². The first-order valence-electron chi connectivity index (χ1n) is 8.71. The highest BCUT2D eigenvalue weighted by Crippen LogP contribution is 2.31. The molecule has 6 heteroatoms. The van der Waals surface area contributed by atoms with E-state index in [1.807, 2.05) is 57.2 Å². The summed E-state index contributed by atoms with van der Waals surface area (Å²) in [6.45, 7) is 7.51. The van der Waals surface area contributed by atoms with Crippen LogP contribution in [0, 0.1) is 0 Å². The molecule has 0 heterocycles. The van der Waals surface area contributed by atoms with Crippen molar-refractivity contribution in [1.29, 1.82) is 0 Å². The number of amides is 1. The molecule has 0 saturated carbocycles. The van der Waals surface area contributed by atoms with Gasteiger partial charge in [-0.3, -0.25) is 4.79 Å². The van der Waals surface area contributed by atoms with Gasteiger partial charge in [0.25, 0.3) is 0 Å². The topological polar surface area (TPSA) is 56.8 Å². The molecule has 0 aliphatic rings. The summed E-state index contributed by atoms with van der Waals surface area (Å²) in [7, 11) is 0. The van der Waals surface area contributed by atoms with Crippen LogP contribution in [-0.2, 0) is 4.79 Å². The summed E-state index contributed by atoms with van der Waals surface area (Å²) in [5, 5.41) is 2.89. The number of carbonyl (C=O) groups excluding carboxylic acids is 1. The van der Waals surface area contributed by atoms with Crippen LogP contribution in [0.1, 0.15) is 20.8 Å². The van der Waals surface area contributed by atoms with Crippen LogP contribution in [0.4, 0.5) is 5.69 Å². The SMILES string of the molecule is CCOc1ccc(SCC(=O)Nc2ccc(OCC)c(OCC)c2)cc1. The van der Waals surface area contributed by atoms with Gasteiger partial charge in [-0.1, -0.05) is 0 Å². The zero-order valence-electron chi connectivity index (χ0n) is 15.4. The molecule has 0 spiro atoms. The van der Waals surface area contributed by atoms with E-state index in [-0.39, 0.29) is 5.91 Å². The Labute approximate surface area is 159 Å². The Balaban J connectivity index is 1.91. The van der Waals surface area contributed by atoms with Crippen LogP contribution in [0.5, 0.6) is 17.2 Å². The number of carbonyl (C=O) groups is 1. The van der Waals surface area contributed by atoms with Crippen LogP contribution in [0.15, 0.2) is 47.4 Å². The smallest absolute Gasteiger partial charge is 0.234 e. The molecule has 26 heavy (non-hydrogen) atoms. The maximum absolute atomic E-state index is 12.2. The second kappa shape index (κ2) is 10.6. The number of rotatable bonds is 10. The summed E-state index contributed by atoms with van der Waals surface area (Å²) in [5.41, 5.74) is 0.689. The standard InChI is InChI=1S/C20H25NO4S/c1-4-23-16-8-10-17(11-9-16)26-14-20(22)21-15-7-12-18(24-5-2)19(13-15)25-6-3/h7-13H,4-6,14H2,1-3H3,(H,21,22). The van der Waals surface area contributed by atoms with E-state index in [9.17, 15) is 4.79 Å². The number of hydrogen-bond acceptors (Lipinski definition) is 5. The third-order valence-corrected chi connectivity index (χ3v) is 4.34. The molecule has 0 atom stereocenters. The molecule has 0 saturated heterocycles. The fourth-order valence-corrected chi connectivity index (χ4v) is 2.97. The lowest BCUT2D eigenvalue weighted by molar-refractivity contribution is -0.113. The van der Waals surface area contributed by atoms with Crippen molar-refractivity contribution in [3.05, 3.63) is 42.5 Å². The van der Waals surface area contributed by atoms with Gasteiger partial charge in [0, 0.05) is 16.6 Å². The zero-order valence-corrected chi connectivity index (χ0v) is 16.2. The van der Waals surface area contributed by atoms with Gasteiger partial charge in [-0.05, 0) is 57.2 Å². The Bertz CT molecular complexity index is 703. The van der Waals surface area contributed by atoms with Crippen LogP contribution < -0.4 is 19.5 Å². The quantitative estimate of drug-likeness (QED) is 0.615. The lowest BCUT2D eigenvalue weighted by Gasteiger charge is -2.13. The maximum atomic E-state index is 12.2. The largest absolute Gasteiger partial charge is 0.494 e. The Morgan fingerprint density at radius 2 is 1.54 bits per heavy atom. The molecular formula is C20H25NO4S. The van der Waals surface area contributed by atoms with E-state index in [1.54, 1.807) is 6.07 Å². The van der Waals surface area contributed by atoms with Gasteiger partial charge in [0.15, 0.2) is 11.5 Å². The summed E-state index contributed by atoms with van der Waals surface area (Å²) in [4.78, 5) is 13.2. The van der Waals surface area contributed by atoms with E-state index >= 15 is 0 Å². The molecule has 0 unspecified atom stereocenters. The van der Waals surface area contributed by atoms with Crippen LogP contribution in [0.3, 0.4) is 0 Å². The molecule has 1 N–H and O–H groups in total. The predicted octanol–water partition coefficient (Wildman–Crippen LogP) is 4.61. The van der Waals surface area contributed by atoms with Crippen LogP contribution in [-0.4, -0.2) is 31.5 Å². The second-order valence-electron chi connectivity index (χ2n) is 5.27. The van der Waals surface area contributed by atoms with Crippen molar-refractivity contribution in [3.63, 3.8) is 0 Å². The molecular weight excluding hydrogens is 350 g/mol. The summed E-state index contributed by atoms with van der Waals surface area (Å²) < 4.78 is 16.5. The van der Waals surface area contributed by atoms with Gasteiger partial charge in [0.2, 0.25) is 5.91 Å². The normalized spacial score (nSPS) is 10.3. The second-order valence-corrected chi connectivity index (χ2v) is 6.32. The molecule has 1 amide bonds. The summed E-state index contributed by atoms with van der Waals surface area (Å²) in [5.74, 6) is 2.39. The summed E-state index contributed by atoms with van der Waals surface area (Å²) in [6.07, 6.45) is 0. The maximum Gasteiger partial charge on any atom is 0.234 e. The first kappa shape index (κ1) is 20.0. The lowest BCUT2D eigenvalue weighted by Crippen LogP contribution is -2.14. The van der Waals surface area contributed by atoms with Crippen molar-refractivity contribution in [3.8, 4) is 17.2 Å². The molecule has 0 bridgehead atoms. The molecule has 140 valence electrons. The summed E-state index contributed by atoms with van der Waals surface area (Å²) >= 11 is 1.48. The van der Waals surface area contributed by atoms with E-state index in [2.05, 4.69) is 5.32 Å². The summed E-state index contributed by atoms with van der Waals surface area (Å²) in [6, 6.07) is 13.1. The number of thioether (sulfide) groups is 1. The molecule has 5 nitrogen and oxygen atoms in total. The van der Waals surface area contributed by atoms with Crippen molar-refractivity contribution in [2.24, 2.45) is 0 Å². The highest BCUT2D eigenvalue weighted by Gasteiger charge is 2.09. The van der Waals surface area contributed by atoms with E-state index in [4.69, 9.17) is 14.2 Å². The number of anilines is 1. The van der Waals surface area contributed by atoms with E-state index in [0.29, 0.717) is 42.8 Å². The third-order valence-electron chi connectivity index (χ3n) is 3.33. The van der Waals surface area contributed by atoms with Gasteiger partial charge in [-0.25, -0.2) is 0 Å². The fourth-order valence-electron chi connectivity index (χ4n) is 2.27. The van der Waals surface area contributed by atoms with E-state index in [0.717, 1.165) is 10.6 Å². The van der Waals surface area contributed by atoms with Gasteiger partial charge >= 0.3 is 0 Å². The van der Waals surface area contributed by atoms with Gasteiger partial charge in [0.05, 0.1) is 25.6 Å². The minimum atomic E-state index is -0.0736. The first-order chi connectivity index (χ1) is 12.7. The van der Waals surface area contributed by atoms with Crippen molar-refractivity contribution in [2.45, 2.75) is 25.7 Å². The van der Waals surface area contributed by atoms with Crippen molar-refractivity contribution >= 4 is 23.4 Å². The van der Waals surface area contributed by atoms with E-state index < -0.39 is 0 Å². The zero-order chi connectivity index (χ0) is 18.8. The third kappa shape index (κ3) is 6.19. The van der Waals surface area contributed by atoms with Crippen LogP contribution >= 0.6 is 11.8 Å². The van der Waals surface area contributed by atoms with Crippen molar-refractivity contribution in [2.75, 3.05) is 30.9 Å². The Kier molecular flexibility index (Phi) is 8.15. The fraction of sp³-hybridized carbons (Fsp3) is 0.350. The molecule has 2 aromatic rings. The number of hydrogen-bond donors (Lipinski definition) is 1. The average molecular weight is 375 g/mol. The van der Waals surface area contributed by atoms with Crippen LogP contribution in [0.25, 0.3) is 0 Å².